The number of aldehydes is 2. The fourth-order valence-corrected chi connectivity index (χ4v) is 0.0393. The molecule has 0 unspecified atom stereocenters. The van der Waals surface area contributed by atoms with Crippen molar-refractivity contribution in [2.45, 2.75) is 6.42 Å². The van der Waals surface area contributed by atoms with Crippen LogP contribution < -0.4 is 0 Å². The highest BCUT2D eigenvalue weighted by atomic mass is 16.1. The van der Waals surface area contributed by atoms with Crippen LogP contribution >= 0.6 is 0 Å². The molecule has 0 saturated carbocycles. The second-order valence-electron chi connectivity index (χ2n) is 0.569. The van der Waals surface area contributed by atoms with Gasteiger partial charge in [-0.3, -0.25) is 0 Å². The van der Waals surface area contributed by atoms with Crippen molar-refractivity contribution >= 4 is 12.6 Å². The van der Waals surface area contributed by atoms with Crippen molar-refractivity contribution in [3.8, 4) is 0 Å². The van der Waals surface area contributed by atoms with Crippen molar-refractivity contribution in [1.29, 1.82) is 0 Å². The second kappa shape index (κ2) is 19.5. The monoisotopic (exact) mass is 100 g/mol. The summed E-state index contributed by atoms with van der Waals surface area (Å²) in [7, 11) is 0. The third-order valence-corrected chi connectivity index (χ3v) is 0.192. The summed E-state index contributed by atoms with van der Waals surface area (Å²) in [5, 5.41) is 0. The summed E-state index contributed by atoms with van der Waals surface area (Å²) in [4.78, 5) is 18.3. The highest BCUT2D eigenvalue weighted by Crippen LogP contribution is 1.50. The summed E-state index contributed by atoms with van der Waals surface area (Å²) in [6, 6.07) is 0. The van der Waals surface area contributed by atoms with Gasteiger partial charge in [-0.25, -0.2) is 0 Å². The lowest BCUT2D eigenvalue weighted by atomic mass is 10.6. The molecular weight excluding hydrogens is 92.1 g/mol. The predicted molar refractivity (Wildman–Crippen MR) is 28.0 cm³/mol. The Hall–Kier alpha value is -0.920. The summed E-state index contributed by atoms with van der Waals surface area (Å²) < 4.78 is 0. The average molecular weight is 100 g/mol. The summed E-state index contributed by atoms with van der Waals surface area (Å²) in [6.45, 7) is 6.00. The highest BCUT2D eigenvalue weighted by Gasteiger charge is 1.65. The Balaban J connectivity index is 0. The van der Waals surface area contributed by atoms with Gasteiger partial charge in [0.25, 0.3) is 0 Å². The van der Waals surface area contributed by atoms with E-state index in [-0.39, 0.29) is 6.42 Å². The van der Waals surface area contributed by atoms with Crippen molar-refractivity contribution in [2.75, 3.05) is 0 Å². The summed E-state index contributed by atoms with van der Waals surface area (Å²) in [6.07, 6.45) is 1.15. The molecule has 7 heavy (non-hydrogen) atoms. The quantitative estimate of drug-likeness (QED) is 0.289. The van der Waals surface area contributed by atoms with E-state index in [9.17, 15) is 9.59 Å². The van der Waals surface area contributed by atoms with E-state index in [1.54, 1.807) is 0 Å². The molecule has 0 aliphatic carbocycles. The molecule has 0 aromatic carbocycles. The molecule has 2 heteroatoms. The molecule has 2 nitrogen and oxygen atoms in total. The lowest BCUT2D eigenvalue weighted by Gasteiger charge is -1.53. The Kier molecular flexibility index (Phi) is 26.3. The standard InChI is InChI=1S/C3H4O2.C2H4/c4-2-1-3-5;1-2/h2-3H,1H2;1-2H2. The first-order valence-electron chi connectivity index (χ1n) is 1.79. The van der Waals surface area contributed by atoms with Crippen molar-refractivity contribution in [1.82, 2.24) is 0 Å². The van der Waals surface area contributed by atoms with Gasteiger partial charge in [0.15, 0.2) is 0 Å². The minimum absolute atomic E-state index is 0.0278. The first-order chi connectivity index (χ1) is 3.41. The zero-order valence-electron chi connectivity index (χ0n) is 4.09. The van der Waals surface area contributed by atoms with Crippen LogP contribution in [0.4, 0.5) is 0 Å². The molecule has 0 rings (SSSR count). The molecule has 0 aromatic rings. The van der Waals surface area contributed by atoms with Gasteiger partial charge in [-0.15, -0.1) is 13.2 Å². The van der Waals surface area contributed by atoms with Gasteiger partial charge in [-0.2, -0.15) is 0 Å². The SMILES string of the molecule is C=C.O=CCC=O. The highest BCUT2D eigenvalue weighted by molar-refractivity contribution is 5.72. The Labute approximate surface area is 42.8 Å². The molecule has 0 aromatic heterocycles. The molecule has 0 aliphatic rings. The third-order valence-electron chi connectivity index (χ3n) is 0.192. The van der Waals surface area contributed by atoms with E-state index in [1.807, 2.05) is 0 Å². The van der Waals surface area contributed by atoms with Crippen LogP contribution in [0.1, 0.15) is 6.42 Å². The minimum Gasteiger partial charge on any atom is -0.303 e. The molecule has 0 amide bonds. The number of hydrogen-bond donors (Lipinski definition) is 0. The maximum absolute atomic E-state index is 9.17. The molecule has 40 valence electrons. The zero-order valence-corrected chi connectivity index (χ0v) is 4.09. The van der Waals surface area contributed by atoms with Gasteiger partial charge < -0.3 is 9.59 Å². The number of hydrogen-bond acceptors (Lipinski definition) is 2. The van der Waals surface area contributed by atoms with Gasteiger partial charge in [-0.05, 0) is 0 Å². The number of carbonyl (C=O) groups is 2. The predicted octanol–water partition coefficient (Wildman–Crippen LogP) is 0.577. The van der Waals surface area contributed by atoms with Crippen LogP contribution in [-0.4, -0.2) is 12.6 Å². The Morgan fingerprint density at radius 2 is 1.43 bits per heavy atom. The lowest BCUT2D eigenvalue weighted by Crippen LogP contribution is -1.69. The van der Waals surface area contributed by atoms with E-state index >= 15 is 0 Å². The topological polar surface area (TPSA) is 34.1 Å². The van der Waals surface area contributed by atoms with Crippen LogP contribution in [0.2, 0.25) is 0 Å². The van der Waals surface area contributed by atoms with Gasteiger partial charge in [0.05, 0.1) is 6.42 Å². The van der Waals surface area contributed by atoms with Crippen molar-refractivity contribution in [2.24, 2.45) is 0 Å². The minimum atomic E-state index is 0.0278. The van der Waals surface area contributed by atoms with E-state index < -0.39 is 0 Å². The molecule has 0 radical (unpaired) electrons. The molecule has 0 aliphatic heterocycles. The van der Waals surface area contributed by atoms with E-state index in [0.29, 0.717) is 12.6 Å². The smallest absolute Gasteiger partial charge is 0.127 e. The fraction of sp³-hybridized carbons (Fsp3) is 0.200. The van der Waals surface area contributed by atoms with Crippen LogP contribution in [0.15, 0.2) is 13.2 Å². The second-order valence-corrected chi connectivity index (χ2v) is 0.569. The van der Waals surface area contributed by atoms with Gasteiger partial charge in [0, 0.05) is 0 Å². The molecule has 0 saturated heterocycles. The number of carbonyl (C=O) groups excluding carboxylic acids is 2. The summed E-state index contributed by atoms with van der Waals surface area (Å²) in [5.74, 6) is 0. The van der Waals surface area contributed by atoms with Crippen LogP contribution in [0, 0.1) is 0 Å². The Morgan fingerprint density at radius 3 is 1.43 bits per heavy atom. The van der Waals surface area contributed by atoms with Crippen LogP contribution in [-0.2, 0) is 9.59 Å². The van der Waals surface area contributed by atoms with Gasteiger partial charge in [0.1, 0.15) is 12.6 Å². The summed E-state index contributed by atoms with van der Waals surface area (Å²) >= 11 is 0. The molecule has 0 spiro atoms. The molecule has 0 heterocycles. The van der Waals surface area contributed by atoms with Gasteiger partial charge >= 0.3 is 0 Å². The van der Waals surface area contributed by atoms with E-state index in [0.717, 1.165) is 0 Å². The average Bonchev–Trinajstić information content (AvgIpc) is 1.75. The molecular formula is C5H8O2. The van der Waals surface area contributed by atoms with E-state index in [4.69, 9.17) is 0 Å². The Morgan fingerprint density at radius 1 is 1.14 bits per heavy atom. The molecule has 0 fully saturated rings. The molecule has 0 bridgehead atoms. The first-order valence-corrected chi connectivity index (χ1v) is 1.79. The molecule has 0 N–H and O–H groups in total. The van der Waals surface area contributed by atoms with Crippen molar-refractivity contribution in [3.05, 3.63) is 13.2 Å². The first kappa shape index (κ1) is 9.43. The van der Waals surface area contributed by atoms with Crippen LogP contribution in [0.3, 0.4) is 0 Å². The van der Waals surface area contributed by atoms with E-state index in [1.165, 1.54) is 0 Å². The maximum Gasteiger partial charge on any atom is 0.127 e. The maximum atomic E-state index is 9.17. The van der Waals surface area contributed by atoms with Crippen molar-refractivity contribution in [3.63, 3.8) is 0 Å². The Bertz CT molecular complexity index is 44.0. The molecule has 0 atom stereocenters. The normalized spacial score (nSPS) is 5.14. The largest absolute Gasteiger partial charge is 0.303 e. The van der Waals surface area contributed by atoms with E-state index in [2.05, 4.69) is 13.2 Å². The van der Waals surface area contributed by atoms with Crippen LogP contribution in [0.5, 0.6) is 0 Å². The zero-order chi connectivity index (χ0) is 6.12. The van der Waals surface area contributed by atoms with Gasteiger partial charge in [0.2, 0.25) is 0 Å². The summed E-state index contributed by atoms with van der Waals surface area (Å²) in [5.41, 5.74) is 0. The fourth-order valence-electron chi connectivity index (χ4n) is 0.0393. The lowest BCUT2D eigenvalue weighted by molar-refractivity contribution is -0.114. The van der Waals surface area contributed by atoms with Crippen LogP contribution in [0.25, 0.3) is 0 Å². The number of rotatable bonds is 2. The van der Waals surface area contributed by atoms with Crippen molar-refractivity contribution < 1.29 is 9.59 Å². The third kappa shape index (κ3) is 41.3. The van der Waals surface area contributed by atoms with Gasteiger partial charge in [-0.1, -0.05) is 0 Å².